The third-order valence-corrected chi connectivity index (χ3v) is 12.2. The van der Waals surface area contributed by atoms with Gasteiger partial charge in [0.05, 0.1) is 28.1 Å². The zero-order valence-corrected chi connectivity index (χ0v) is 30.0. The quantitative estimate of drug-likeness (QED) is 0.184. The molecule has 0 unspecified atom stereocenters. The number of rotatable bonds is 4. The lowest BCUT2D eigenvalue weighted by Gasteiger charge is -2.24. The van der Waals surface area contributed by atoms with E-state index in [4.69, 9.17) is 9.97 Å². The van der Waals surface area contributed by atoms with Gasteiger partial charge in [-0.3, -0.25) is 4.98 Å². The molecule has 4 aromatic heterocycles. The number of nitrogens with zero attached hydrogens (tertiary/aromatic N) is 4. The molecule has 53 heavy (non-hydrogen) atoms. The van der Waals surface area contributed by atoms with Crippen LogP contribution in [-0.2, 0) is 5.41 Å². The first-order valence-corrected chi connectivity index (χ1v) is 18.9. The number of fused-ring (bicyclic) bond motifs is 10. The fraction of sp³-hybridized carbons (Fsp3) is 0.0625. The van der Waals surface area contributed by atoms with Crippen molar-refractivity contribution in [1.82, 2.24) is 19.5 Å². The average molecular weight is 697 g/mol. The third-order valence-electron chi connectivity index (χ3n) is 11.0. The number of hydrogen-bond donors (Lipinski definition) is 0. The molecule has 0 radical (unpaired) electrons. The molecule has 1 aliphatic rings. The molecule has 0 saturated heterocycles. The molecule has 11 rings (SSSR count). The van der Waals surface area contributed by atoms with E-state index < -0.39 is 0 Å². The zero-order valence-electron chi connectivity index (χ0n) is 29.2. The summed E-state index contributed by atoms with van der Waals surface area (Å²) in [6.45, 7) is 4.64. The average Bonchev–Trinajstić information content (AvgIpc) is 3.84. The summed E-state index contributed by atoms with van der Waals surface area (Å²) in [6, 6.07) is 54.1. The maximum atomic E-state index is 5.55. The van der Waals surface area contributed by atoms with Crippen molar-refractivity contribution >= 4 is 53.3 Å². The van der Waals surface area contributed by atoms with Crippen LogP contribution in [0.3, 0.4) is 0 Å². The van der Waals surface area contributed by atoms with Crippen LogP contribution in [0.5, 0.6) is 0 Å². The molecule has 5 heteroatoms. The fourth-order valence-corrected chi connectivity index (χ4v) is 9.88. The van der Waals surface area contributed by atoms with Crippen LogP contribution < -0.4 is 0 Å². The van der Waals surface area contributed by atoms with Crippen LogP contribution in [0.1, 0.15) is 25.0 Å². The maximum absolute atomic E-state index is 5.55. The Morgan fingerprint density at radius 3 is 2.17 bits per heavy atom. The van der Waals surface area contributed by atoms with Crippen molar-refractivity contribution in [2.75, 3.05) is 0 Å². The molecule has 0 spiro atoms. The second-order valence-corrected chi connectivity index (χ2v) is 15.4. The summed E-state index contributed by atoms with van der Waals surface area (Å²) in [7, 11) is 0. The largest absolute Gasteiger partial charge is 0.309 e. The van der Waals surface area contributed by atoms with E-state index in [1.165, 1.54) is 58.7 Å². The van der Waals surface area contributed by atoms with Crippen LogP contribution >= 0.6 is 11.3 Å². The summed E-state index contributed by atoms with van der Waals surface area (Å²) in [5.41, 5.74) is 13.0. The molecular weight excluding hydrogens is 665 g/mol. The molecule has 0 atom stereocenters. The second-order valence-electron chi connectivity index (χ2n) is 14.4. The Bertz CT molecular complexity index is 3080. The summed E-state index contributed by atoms with van der Waals surface area (Å²) in [5, 5.41) is 5.04. The molecule has 1 aliphatic carbocycles. The third kappa shape index (κ3) is 4.38. The van der Waals surface area contributed by atoms with Crippen molar-refractivity contribution in [3.8, 4) is 50.8 Å². The van der Waals surface area contributed by atoms with Gasteiger partial charge in [0.1, 0.15) is 0 Å². The van der Waals surface area contributed by atoms with Crippen LogP contribution in [0.2, 0.25) is 0 Å². The van der Waals surface area contributed by atoms with Gasteiger partial charge in [0.25, 0.3) is 0 Å². The highest BCUT2D eigenvalue weighted by Crippen LogP contribution is 2.53. The molecule has 0 N–H and O–H groups in total. The standard InChI is InChI=1S/C48H32N4S/c1-48(2)37-22-8-6-19-34(37)43-42(48)44(51-47(50-43)30-15-12-14-29(28-30)38-23-10-11-27-49-38)36-21-13-20-35-41-40(53-46(35)36)26-25-33-32-18-7-9-24-39(32)52(45(33)41)31-16-4-3-5-17-31/h3-28H,1-2H3. The van der Waals surface area contributed by atoms with Crippen molar-refractivity contribution < 1.29 is 0 Å². The first-order valence-electron chi connectivity index (χ1n) is 18.0. The van der Waals surface area contributed by atoms with Crippen LogP contribution in [0, 0.1) is 0 Å². The Balaban J connectivity index is 1.22. The van der Waals surface area contributed by atoms with Gasteiger partial charge in [0.15, 0.2) is 5.82 Å². The molecule has 0 saturated carbocycles. The first-order chi connectivity index (χ1) is 26.1. The van der Waals surface area contributed by atoms with Gasteiger partial charge in [0.2, 0.25) is 0 Å². The van der Waals surface area contributed by atoms with E-state index in [0.717, 1.165) is 39.5 Å². The number of para-hydroxylation sites is 2. The summed E-state index contributed by atoms with van der Waals surface area (Å²) in [4.78, 5) is 15.6. The summed E-state index contributed by atoms with van der Waals surface area (Å²) in [5.74, 6) is 0.716. The Morgan fingerprint density at radius 1 is 0.585 bits per heavy atom. The SMILES string of the molecule is CC1(C)c2ccccc2-c2nc(-c3cccc(-c4ccccn4)c3)nc(-c3cccc4c3sc3ccc5c6ccccc6n(-c6ccccc6)c5c34)c21. The van der Waals surface area contributed by atoms with Gasteiger partial charge in [-0.25, -0.2) is 9.97 Å². The topological polar surface area (TPSA) is 43.6 Å². The van der Waals surface area contributed by atoms with Crippen LogP contribution in [0.15, 0.2) is 158 Å². The van der Waals surface area contributed by atoms with E-state index in [-0.39, 0.29) is 5.41 Å². The first kappa shape index (κ1) is 30.2. The molecule has 10 aromatic rings. The van der Waals surface area contributed by atoms with Crippen LogP contribution in [-0.4, -0.2) is 19.5 Å². The molecule has 0 bridgehead atoms. The minimum absolute atomic E-state index is 0.290. The smallest absolute Gasteiger partial charge is 0.160 e. The van der Waals surface area contributed by atoms with Crippen molar-refractivity contribution in [2.24, 2.45) is 0 Å². The van der Waals surface area contributed by atoms with Crippen molar-refractivity contribution in [1.29, 1.82) is 0 Å². The highest BCUT2D eigenvalue weighted by molar-refractivity contribution is 7.26. The lowest BCUT2D eigenvalue weighted by Crippen LogP contribution is -2.17. The molecule has 0 fully saturated rings. The Labute approximate surface area is 310 Å². The van der Waals surface area contributed by atoms with Crippen LogP contribution in [0.25, 0.3) is 92.8 Å². The maximum Gasteiger partial charge on any atom is 0.160 e. The van der Waals surface area contributed by atoms with E-state index in [1.807, 2.05) is 35.7 Å². The van der Waals surface area contributed by atoms with Gasteiger partial charge < -0.3 is 4.57 Å². The normalized spacial score (nSPS) is 13.2. The van der Waals surface area contributed by atoms with Crippen molar-refractivity contribution in [3.63, 3.8) is 0 Å². The van der Waals surface area contributed by atoms with Gasteiger partial charge in [-0.05, 0) is 48.0 Å². The molecule has 6 aromatic carbocycles. The monoisotopic (exact) mass is 696 g/mol. The number of pyridine rings is 1. The van der Waals surface area contributed by atoms with E-state index in [9.17, 15) is 0 Å². The Kier molecular flexibility index (Phi) is 6.43. The van der Waals surface area contributed by atoms with Gasteiger partial charge in [-0.15, -0.1) is 11.3 Å². The lowest BCUT2D eigenvalue weighted by atomic mass is 9.80. The Morgan fingerprint density at radius 2 is 1.30 bits per heavy atom. The molecule has 250 valence electrons. The number of thiophene rings is 1. The highest BCUT2D eigenvalue weighted by Gasteiger charge is 2.40. The van der Waals surface area contributed by atoms with Gasteiger partial charge >= 0.3 is 0 Å². The van der Waals surface area contributed by atoms with Crippen molar-refractivity contribution in [2.45, 2.75) is 19.3 Å². The number of benzene rings is 6. The molecule has 0 amide bonds. The van der Waals surface area contributed by atoms with E-state index in [2.05, 4.69) is 157 Å². The van der Waals surface area contributed by atoms with Gasteiger partial charge in [-0.1, -0.05) is 123 Å². The molecule has 4 nitrogen and oxygen atoms in total. The molecule has 0 aliphatic heterocycles. The second kappa shape index (κ2) is 11.3. The minimum Gasteiger partial charge on any atom is -0.309 e. The van der Waals surface area contributed by atoms with Gasteiger partial charge in [0, 0.05) is 76.1 Å². The summed E-state index contributed by atoms with van der Waals surface area (Å²) in [6.07, 6.45) is 1.84. The predicted molar refractivity (Wildman–Crippen MR) is 221 cm³/mol. The van der Waals surface area contributed by atoms with E-state index in [0.29, 0.717) is 5.82 Å². The highest BCUT2D eigenvalue weighted by atomic mass is 32.1. The Hall–Kier alpha value is -6.43. The fourth-order valence-electron chi connectivity index (χ4n) is 8.66. The predicted octanol–water partition coefficient (Wildman–Crippen LogP) is 12.6. The van der Waals surface area contributed by atoms with E-state index >= 15 is 0 Å². The van der Waals surface area contributed by atoms with Crippen LogP contribution in [0.4, 0.5) is 0 Å². The van der Waals surface area contributed by atoms with E-state index in [1.54, 1.807) is 0 Å². The lowest BCUT2D eigenvalue weighted by molar-refractivity contribution is 0.658. The minimum atomic E-state index is -0.290. The summed E-state index contributed by atoms with van der Waals surface area (Å²) >= 11 is 1.86. The number of hydrogen-bond acceptors (Lipinski definition) is 4. The van der Waals surface area contributed by atoms with Gasteiger partial charge in [-0.2, -0.15) is 0 Å². The summed E-state index contributed by atoms with van der Waals surface area (Å²) < 4.78 is 4.94. The molecule has 4 heterocycles. The zero-order chi connectivity index (χ0) is 35.3. The van der Waals surface area contributed by atoms with Crippen molar-refractivity contribution in [3.05, 3.63) is 169 Å². The number of aromatic nitrogens is 4. The molecular formula is C48H32N4S.